The number of aryl methyl sites for hydroxylation is 1. The largest absolute Gasteiger partial charge is 0.469 e. The van der Waals surface area contributed by atoms with E-state index in [1.165, 1.54) is 25.5 Å². The number of halogens is 1. The number of furan rings is 1. The van der Waals surface area contributed by atoms with E-state index in [4.69, 9.17) is 4.42 Å². The zero-order valence-electron chi connectivity index (χ0n) is 10.1. The van der Waals surface area contributed by atoms with Gasteiger partial charge in [0.05, 0.1) is 11.1 Å². The van der Waals surface area contributed by atoms with Crippen molar-refractivity contribution in [3.8, 4) is 0 Å². The van der Waals surface area contributed by atoms with Gasteiger partial charge in [-0.05, 0) is 25.8 Å². The molecule has 17 heavy (non-hydrogen) atoms. The van der Waals surface area contributed by atoms with E-state index in [1.807, 2.05) is 6.92 Å². The van der Waals surface area contributed by atoms with Gasteiger partial charge in [-0.15, -0.1) is 0 Å². The van der Waals surface area contributed by atoms with Crippen LogP contribution in [0.4, 0.5) is 0 Å². The van der Waals surface area contributed by atoms with E-state index in [0.29, 0.717) is 5.56 Å². The molecule has 3 nitrogen and oxygen atoms in total. The number of hydrogen-bond acceptors (Lipinski definition) is 2. The van der Waals surface area contributed by atoms with Crippen LogP contribution in [0.25, 0.3) is 0 Å². The molecule has 1 aliphatic carbocycles. The number of carbonyl (C=O) groups excluding carboxylic acids is 1. The summed E-state index contributed by atoms with van der Waals surface area (Å²) < 4.78 is 5.17. The molecule has 1 aromatic heterocycles. The van der Waals surface area contributed by atoms with Gasteiger partial charge in [-0.2, -0.15) is 0 Å². The second-order valence-corrected chi connectivity index (χ2v) is 5.44. The average Bonchev–Trinajstić information content (AvgIpc) is 2.77. The van der Waals surface area contributed by atoms with E-state index in [2.05, 4.69) is 21.2 Å². The van der Waals surface area contributed by atoms with Gasteiger partial charge in [-0.25, -0.2) is 0 Å². The Labute approximate surface area is 110 Å². The lowest BCUT2D eigenvalue weighted by Crippen LogP contribution is -2.51. The summed E-state index contributed by atoms with van der Waals surface area (Å²) >= 11 is 3.54. The third-order valence-corrected chi connectivity index (χ3v) is 4.51. The van der Waals surface area contributed by atoms with Gasteiger partial charge in [0.25, 0.3) is 5.91 Å². The molecule has 0 radical (unpaired) electrons. The van der Waals surface area contributed by atoms with Crippen LogP contribution >= 0.6 is 15.9 Å². The fraction of sp³-hybridized carbons (Fsp3) is 0.615. The third-order valence-electron chi connectivity index (χ3n) is 3.44. The third kappa shape index (κ3) is 2.92. The molecule has 1 fully saturated rings. The Morgan fingerprint density at radius 2 is 2.18 bits per heavy atom. The number of amides is 1. The van der Waals surface area contributed by atoms with Crippen molar-refractivity contribution in [2.24, 2.45) is 0 Å². The highest BCUT2D eigenvalue weighted by Crippen LogP contribution is 2.30. The van der Waals surface area contributed by atoms with Crippen LogP contribution in [0.5, 0.6) is 0 Å². The predicted molar refractivity (Wildman–Crippen MR) is 70.5 cm³/mol. The first kappa shape index (κ1) is 12.7. The average molecular weight is 300 g/mol. The highest BCUT2D eigenvalue weighted by atomic mass is 79.9. The van der Waals surface area contributed by atoms with Gasteiger partial charge in [0.15, 0.2) is 0 Å². The summed E-state index contributed by atoms with van der Waals surface area (Å²) in [5.41, 5.74) is 0.550. The summed E-state index contributed by atoms with van der Waals surface area (Å²) in [6.45, 7) is 1.84. The predicted octanol–water partition coefficient (Wildman–Crippen LogP) is 3.42. The number of carbonyl (C=O) groups is 1. The lowest BCUT2D eigenvalue weighted by Gasteiger charge is -2.36. The van der Waals surface area contributed by atoms with E-state index in [1.54, 1.807) is 6.07 Å². The van der Waals surface area contributed by atoms with Crippen molar-refractivity contribution in [3.63, 3.8) is 0 Å². The van der Waals surface area contributed by atoms with Crippen molar-refractivity contribution < 1.29 is 9.21 Å². The number of alkyl halides is 1. The first-order chi connectivity index (χ1) is 8.15. The zero-order valence-corrected chi connectivity index (χ0v) is 11.7. The molecule has 2 rings (SSSR count). The van der Waals surface area contributed by atoms with E-state index >= 15 is 0 Å². The minimum absolute atomic E-state index is 0.0248. The standard InChI is InChI=1S/C13H18BrNO2/c1-10-7-11(8-17-10)12(16)15-13(9-14)5-3-2-4-6-13/h7-8H,2-6,9H2,1H3,(H,15,16). The smallest absolute Gasteiger partial charge is 0.255 e. The molecule has 1 saturated carbocycles. The van der Waals surface area contributed by atoms with Gasteiger partial charge in [0, 0.05) is 5.33 Å². The van der Waals surface area contributed by atoms with Crippen LogP contribution in [-0.4, -0.2) is 16.8 Å². The Morgan fingerprint density at radius 3 is 2.71 bits per heavy atom. The highest BCUT2D eigenvalue weighted by molar-refractivity contribution is 9.09. The van der Waals surface area contributed by atoms with Crippen LogP contribution < -0.4 is 5.32 Å². The lowest BCUT2D eigenvalue weighted by atomic mass is 9.83. The molecule has 1 heterocycles. The topological polar surface area (TPSA) is 42.2 Å². The van der Waals surface area contributed by atoms with E-state index in [-0.39, 0.29) is 11.4 Å². The molecular formula is C13H18BrNO2. The molecule has 4 heteroatoms. The first-order valence-electron chi connectivity index (χ1n) is 6.09. The molecule has 0 aromatic carbocycles. The lowest BCUT2D eigenvalue weighted by molar-refractivity contribution is 0.0886. The fourth-order valence-electron chi connectivity index (χ4n) is 2.40. The summed E-state index contributed by atoms with van der Waals surface area (Å²) in [6, 6.07) is 1.78. The Kier molecular flexibility index (Phi) is 3.92. The van der Waals surface area contributed by atoms with Gasteiger partial charge >= 0.3 is 0 Å². The van der Waals surface area contributed by atoms with Crippen LogP contribution in [0.2, 0.25) is 0 Å². The zero-order chi connectivity index (χ0) is 12.3. The van der Waals surface area contributed by atoms with Gasteiger partial charge in [0.2, 0.25) is 0 Å². The molecule has 0 bridgehead atoms. The molecule has 0 atom stereocenters. The summed E-state index contributed by atoms with van der Waals surface area (Å²) in [4.78, 5) is 12.1. The van der Waals surface area contributed by atoms with E-state index in [9.17, 15) is 4.79 Å². The van der Waals surface area contributed by atoms with Gasteiger partial charge in [-0.1, -0.05) is 35.2 Å². The molecule has 1 aliphatic rings. The number of rotatable bonds is 3. The second kappa shape index (κ2) is 5.25. The van der Waals surface area contributed by atoms with Crippen molar-refractivity contribution in [2.45, 2.75) is 44.6 Å². The van der Waals surface area contributed by atoms with Crippen LogP contribution in [-0.2, 0) is 0 Å². The summed E-state index contributed by atoms with van der Waals surface area (Å²) in [6.07, 6.45) is 7.29. The quantitative estimate of drug-likeness (QED) is 0.869. The first-order valence-corrected chi connectivity index (χ1v) is 7.21. The van der Waals surface area contributed by atoms with Crippen molar-refractivity contribution >= 4 is 21.8 Å². The van der Waals surface area contributed by atoms with Crippen molar-refractivity contribution in [1.82, 2.24) is 5.32 Å². The van der Waals surface area contributed by atoms with Crippen LogP contribution in [0, 0.1) is 6.92 Å². The molecular weight excluding hydrogens is 282 g/mol. The summed E-state index contributed by atoms with van der Waals surface area (Å²) in [7, 11) is 0. The highest BCUT2D eigenvalue weighted by Gasteiger charge is 2.32. The second-order valence-electron chi connectivity index (χ2n) is 4.87. The molecule has 0 saturated heterocycles. The normalized spacial score (nSPS) is 18.9. The Morgan fingerprint density at radius 1 is 1.47 bits per heavy atom. The maximum Gasteiger partial charge on any atom is 0.255 e. The van der Waals surface area contributed by atoms with Gasteiger partial charge < -0.3 is 9.73 Å². The fourth-order valence-corrected chi connectivity index (χ4v) is 3.10. The molecule has 94 valence electrons. The Hall–Kier alpha value is -0.770. The van der Waals surface area contributed by atoms with Crippen LogP contribution in [0.3, 0.4) is 0 Å². The number of nitrogens with one attached hydrogen (secondary N) is 1. The molecule has 0 aliphatic heterocycles. The Bertz CT molecular complexity index is 394. The van der Waals surface area contributed by atoms with Crippen molar-refractivity contribution in [2.75, 3.05) is 5.33 Å². The molecule has 1 N–H and O–H groups in total. The maximum atomic E-state index is 12.1. The molecule has 0 spiro atoms. The Balaban J connectivity index is 2.05. The van der Waals surface area contributed by atoms with Crippen LogP contribution in [0.15, 0.2) is 16.7 Å². The van der Waals surface area contributed by atoms with Crippen molar-refractivity contribution in [3.05, 3.63) is 23.7 Å². The van der Waals surface area contributed by atoms with Gasteiger partial charge in [-0.3, -0.25) is 4.79 Å². The maximum absolute atomic E-state index is 12.1. The van der Waals surface area contributed by atoms with E-state index < -0.39 is 0 Å². The van der Waals surface area contributed by atoms with Crippen LogP contribution in [0.1, 0.15) is 48.2 Å². The summed E-state index contributed by atoms with van der Waals surface area (Å²) in [5, 5.41) is 3.99. The SMILES string of the molecule is Cc1cc(C(=O)NC2(CBr)CCCCC2)co1. The molecule has 1 aromatic rings. The molecule has 1 amide bonds. The molecule has 0 unspecified atom stereocenters. The van der Waals surface area contributed by atoms with Gasteiger partial charge in [0.1, 0.15) is 12.0 Å². The minimum atomic E-state index is -0.0689. The summed E-state index contributed by atoms with van der Waals surface area (Å²) in [5.74, 6) is 0.745. The van der Waals surface area contributed by atoms with Crippen molar-refractivity contribution in [1.29, 1.82) is 0 Å². The monoisotopic (exact) mass is 299 g/mol. The minimum Gasteiger partial charge on any atom is -0.469 e. The van der Waals surface area contributed by atoms with E-state index in [0.717, 1.165) is 23.9 Å². The number of hydrogen-bond donors (Lipinski definition) is 1.